The van der Waals surface area contributed by atoms with Gasteiger partial charge in [0.25, 0.3) is 5.91 Å². The number of rotatable bonds is 5. The van der Waals surface area contributed by atoms with E-state index < -0.39 is 5.91 Å². The van der Waals surface area contributed by atoms with Crippen molar-refractivity contribution in [3.05, 3.63) is 53.5 Å². The molecule has 0 aliphatic carbocycles. The Balaban J connectivity index is 1.94. The maximum absolute atomic E-state index is 11.0. The molecule has 1 amide bonds. The zero-order chi connectivity index (χ0) is 13.7. The number of nitrogens with two attached hydrogens (primary N) is 1. The number of nitrogens with zero attached hydrogens (tertiary/aromatic N) is 2. The molecule has 98 valence electrons. The van der Waals surface area contributed by atoms with Crippen molar-refractivity contribution < 1.29 is 4.79 Å². The molecule has 0 unspecified atom stereocenters. The molecule has 1 aromatic carbocycles. The van der Waals surface area contributed by atoms with Crippen LogP contribution in [0.2, 0.25) is 0 Å². The van der Waals surface area contributed by atoms with Crippen LogP contribution in [0.5, 0.6) is 0 Å². The molecule has 0 atom stereocenters. The number of anilines is 1. The molecular formula is C14H16N4O. The average Bonchev–Trinajstić information content (AvgIpc) is 2.41. The summed E-state index contributed by atoms with van der Waals surface area (Å²) < 4.78 is 0. The highest BCUT2D eigenvalue weighted by Crippen LogP contribution is 2.08. The van der Waals surface area contributed by atoms with Gasteiger partial charge in [-0.05, 0) is 24.5 Å². The number of carbonyl (C=O) groups is 1. The molecule has 1 aromatic heterocycles. The van der Waals surface area contributed by atoms with E-state index in [-0.39, 0.29) is 5.69 Å². The number of carbonyl (C=O) groups excluding carboxylic acids is 1. The summed E-state index contributed by atoms with van der Waals surface area (Å²) in [6, 6.07) is 8.23. The van der Waals surface area contributed by atoms with E-state index in [1.165, 1.54) is 17.3 Å². The number of hydrogen-bond donors (Lipinski definition) is 2. The second kappa shape index (κ2) is 5.95. The fourth-order valence-electron chi connectivity index (χ4n) is 1.79. The molecule has 1 heterocycles. The summed E-state index contributed by atoms with van der Waals surface area (Å²) >= 11 is 0. The maximum Gasteiger partial charge on any atom is 0.268 e. The molecule has 0 spiro atoms. The topological polar surface area (TPSA) is 80.9 Å². The normalized spacial score (nSPS) is 10.2. The van der Waals surface area contributed by atoms with E-state index >= 15 is 0 Å². The lowest BCUT2D eigenvalue weighted by molar-refractivity contribution is 0.0995. The first kappa shape index (κ1) is 13.0. The predicted octanol–water partition coefficient (Wildman–Crippen LogP) is 1.54. The Hall–Kier alpha value is -2.43. The Labute approximate surface area is 111 Å². The summed E-state index contributed by atoms with van der Waals surface area (Å²) in [5, 5.41) is 3.13. The van der Waals surface area contributed by atoms with Crippen LogP contribution in [0.15, 0.2) is 36.7 Å². The van der Waals surface area contributed by atoms with Gasteiger partial charge in [0.2, 0.25) is 0 Å². The quantitative estimate of drug-likeness (QED) is 0.850. The average molecular weight is 256 g/mol. The molecule has 5 nitrogen and oxygen atoms in total. The Bertz CT molecular complexity index is 583. The molecule has 3 N–H and O–H groups in total. The number of aromatic nitrogens is 2. The number of amides is 1. The third kappa shape index (κ3) is 3.51. The summed E-state index contributed by atoms with van der Waals surface area (Å²) in [5.74, 6) is -0.0139. The lowest BCUT2D eigenvalue weighted by atomic mass is 10.1. The van der Waals surface area contributed by atoms with Crippen LogP contribution in [0.1, 0.15) is 21.6 Å². The van der Waals surface area contributed by atoms with Crippen molar-refractivity contribution in [3.8, 4) is 0 Å². The van der Waals surface area contributed by atoms with Crippen LogP contribution in [0.25, 0.3) is 0 Å². The molecule has 0 saturated carbocycles. The van der Waals surface area contributed by atoms with Crippen molar-refractivity contribution >= 4 is 11.7 Å². The van der Waals surface area contributed by atoms with Gasteiger partial charge < -0.3 is 11.1 Å². The SMILES string of the molecule is Cc1ccccc1CCNc1cncc(C(N)=O)n1. The monoisotopic (exact) mass is 256 g/mol. The molecule has 0 aliphatic heterocycles. The maximum atomic E-state index is 11.0. The predicted molar refractivity (Wildman–Crippen MR) is 73.9 cm³/mol. The van der Waals surface area contributed by atoms with Crippen molar-refractivity contribution in [3.63, 3.8) is 0 Å². The largest absolute Gasteiger partial charge is 0.368 e. The fourth-order valence-corrected chi connectivity index (χ4v) is 1.79. The lowest BCUT2D eigenvalue weighted by Gasteiger charge is -2.07. The van der Waals surface area contributed by atoms with Gasteiger partial charge in [-0.25, -0.2) is 4.98 Å². The number of nitrogens with one attached hydrogen (secondary N) is 1. The van der Waals surface area contributed by atoms with Gasteiger partial charge in [0.1, 0.15) is 11.5 Å². The van der Waals surface area contributed by atoms with Crippen molar-refractivity contribution in [2.24, 2.45) is 5.73 Å². The molecule has 0 fully saturated rings. The minimum absolute atomic E-state index is 0.167. The molecule has 0 radical (unpaired) electrons. The summed E-state index contributed by atoms with van der Waals surface area (Å²) in [7, 11) is 0. The minimum Gasteiger partial charge on any atom is -0.368 e. The molecule has 2 rings (SSSR count). The third-order valence-electron chi connectivity index (χ3n) is 2.85. The fraction of sp³-hybridized carbons (Fsp3) is 0.214. The first-order chi connectivity index (χ1) is 9.16. The van der Waals surface area contributed by atoms with Gasteiger partial charge >= 0.3 is 0 Å². The summed E-state index contributed by atoms with van der Waals surface area (Å²) in [5.41, 5.74) is 7.87. The highest BCUT2D eigenvalue weighted by molar-refractivity contribution is 5.90. The number of primary amides is 1. The zero-order valence-corrected chi connectivity index (χ0v) is 10.8. The van der Waals surface area contributed by atoms with Gasteiger partial charge in [-0.15, -0.1) is 0 Å². The van der Waals surface area contributed by atoms with Gasteiger partial charge in [0.15, 0.2) is 0 Å². The zero-order valence-electron chi connectivity index (χ0n) is 10.8. The number of hydrogen-bond acceptors (Lipinski definition) is 4. The van der Waals surface area contributed by atoms with Crippen molar-refractivity contribution in [2.45, 2.75) is 13.3 Å². The molecule has 5 heteroatoms. The molecule has 19 heavy (non-hydrogen) atoms. The Morgan fingerprint density at radius 3 is 2.84 bits per heavy atom. The summed E-state index contributed by atoms with van der Waals surface area (Å²) in [6.07, 6.45) is 3.81. The van der Waals surface area contributed by atoms with E-state index in [1.807, 2.05) is 12.1 Å². The Kier molecular flexibility index (Phi) is 4.07. The summed E-state index contributed by atoms with van der Waals surface area (Å²) in [6.45, 7) is 2.81. The molecule has 0 aliphatic rings. The minimum atomic E-state index is -0.574. The van der Waals surface area contributed by atoms with E-state index in [1.54, 1.807) is 6.20 Å². The molecule has 0 saturated heterocycles. The van der Waals surface area contributed by atoms with Crippen LogP contribution in [0.3, 0.4) is 0 Å². The van der Waals surface area contributed by atoms with Gasteiger partial charge in [-0.1, -0.05) is 24.3 Å². The van der Waals surface area contributed by atoms with Crippen molar-refractivity contribution in [1.29, 1.82) is 0 Å². The lowest BCUT2D eigenvalue weighted by Crippen LogP contribution is -2.15. The van der Waals surface area contributed by atoms with Gasteiger partial charge in [0.05, 0.1) is 12.4 Å². The highest BCUT2D eigenvalue weighted by Gasteiger charge is 2.04. The van der Waals surface area contributed by atoms with Crippen LogP contribution < -0.4 is 11.1 Å². The number of aryl methyl sites for hydroxylation is 1. The van der Waals surface area contributed by atoms with E-state index in [9.17, 15) is 4.79 Å². The standard InChI is InChI=1S/C14H16N4O/c1-10-4-2-3-5-11(10)6-7-17-13-9-16-8-12(18-13)14(15)19/h2-5,8-9H,6-7H2,1H3,(H2,15,19)(H,17,18). The van der Waals surface area contributed by atoms with E-state index in [2.05, 4.69) is 34.3 Å². The van der Waals surface area contributed by atoms with Gasteiger partial charge in [0, 0.05) is 6.54 Å². The van der Waals surface area contributed by atoms with E-state index in [4.69, 9.17) is 5.73 Å². The molecule has 2 aromatic rings. The van der Waals surface area contributed by atoms with Crippen LogP contribution in [0.4, 0.5) is 5.82 Å². The number of benzene rings is 1. The second-order valence-electron chi connectivity index (χ2n) is 4.26. The van der Waals surface area contributed by atoms with Gasteiger partial charge in [-0.3, -0.25) is 9.78 Å². The second-order valence-corrected chi connectivity index (χ2v) is 4.26. The van der Waals surface area contributed by atoms with Crippen LogP contribution in [-0.4, -0.2) is 22.4 Å². The van der Waals surface area contributed by atoms with Crippen LogP contribution in [0, 0.1) is 6.92 Å². The molecule has 0 bridgehead atoms. The Morgan fingerprint density at radius 1 is 1.32 bits per heavy atom. The first-order valence-electron chi connectivity index (χ1n) is 6.07. The highest BCUT2D eigenvalue weighted by atomic mass is 16.1. The van der Waals surface area contributed by atoms with E-state index in [0.717, 1.165) is 13.0 Å². The van der Waals surface area contributed by atoms with Crippen LogP contribution in [-0.2, 0) is 6.42 Å². The van der Waals surface area contributed by atoms with Crippen molar-refractivity contribution in [2.75, 3.05) is 11.9 Å². The van der Waals surface area contributed by atoms with E-state index in [0.29, 0.717) is 5.82 Å². The smallest absolute Gasteiger partial charge is 0.268 e. The van der Waals surface area contributed by atoms with Crippen molar-refractivity contribution in [1.82, 2.24) is 9.97 Å². The first-order valence-corrected chi connectivity index (χ1v) is 6.07. The third-order valence-corrected chi connectivity index (χ3v) is 2.85. The Morgan fingerprint density at radius 2 is 2.11 bits per heavy atom. The summed E-state index contributed by atoms with van der Waals surface area (Å²) in [4.78, 5) is 19.0. The van der Waals surface area contributed by atoms with Gasteiger partial charge in [-0.2, -0.15) is 0 Å². The van der Waals surface area contributed by atoms with Crippen LogP contribution >= 0.6 is 0 Å². The molecular weight excluding hydrogens is 240 g/mol.